The first-order chi connectivity index (χ1) is 7.89. The fraction of sp³-hybridized carbons (Fsp3) is 0.500. The molecule has 92 valence electrons. The molecule has 1 aliphatic carbocycles. The highest BCUT2D eigenvalue weighted by Gasteiger charge is 2.58. The van der Waals surface area contributed by atoms with Crippen LogP contribution in [0, 0.1) is 15.5 Å². The Bertz CT molecular complexity index is 471. The van der Waals surface area contributed by atoms with E-state index >= 15 is 0 Å². The Kier molecular flexibility index (Phi) is 2.58. The third-order valence-electron chi connectivity index (χ3n) is 3.68. The molecular weight excluding hydrogens is 220 g/mol. The van der Waals surface area contributed by atoms with Crippen LogP contribution in [-0.4, -0.2) is 18.1 Å². The van der Waals surface area contributed by atoms with Crippen LogP contribution in [0.4, 0.5) is 5.69 Å². The summed E-state index contributed by atoms with van der Waals surface area (Å²) in [4.78, 5) is 10.6. The minimum Gasteiger partial charge on any atom is -0.497 e. The molecule has 5 heteroatoms. The SMILES string of the molecule is COc1ccc([N+](=O)[O-])c(C2C(N)C2(C)C)c1. The number of methoxy groups -OCH3 is 1. The quantitative estimate of drug-likeness (QED) is 0.643. The molecule has 5 nitrogen and oxygen atoms in total. The van der Waals surface area contributed by atoms with Gasteiger partial charge in [-0.1, -0.05) is 13.8 Å². The first kappa shape index (κ1) is 11.9. The van der Waals surface area contributed by atoms with Gasteiger partial charge in [0.25, 0.3) is 5.69 Å². The highest BCUT2D eigenvalue weighted by atomic mass is 16.6. The van der Waals surface area contributed by atoms with E-state index in [-0.39, 0.29) is 28.0 Å². The molecule has 1 aliphatic rings. The monoisotopic (exact) mass is 236 g/mol. The maximum absolute atomic E-state index is 11.0. The fourth-order valence-electron chi connectivity index (χ4n) is 2.35. The molecule has 17 heavy (non-hydrogen) atoms. The lowest BCUT2D eigenvalue weighted by Crippen LogP contribution is -2.06. The van der Waals surface area contributed by atoms with Crippen LogP contribution in [0.3, 0.4) is 0 Å². The summed E-state index contributed by atoms with van der Waals surface area (Å²) >= 11 is 0. The molecule has 2 atom stereocenters. The number of hydrogen-bond acceptors (Lipinski definition) is 4. The van der Waals surface area contributed by atoms with Gasteiger partial charge >= 0.3 is 0 Å². The third kappa shape index (κ3) is 1.76. The van der Waals surface area contributed by atoms with Gasteiger partial charge in [0, 0.05) is 23.6 Å². The summed E-state index contributed by atoms with van der Waals surface area (Å²) < 4.78 is 5.11. The smallest absolute Gasteiger partial charge is 0.273 e. The maximum atomic E-state index is 11.0. The van der Waals surface area contributed by atoms with E-state index in [1.54, 1.807) is 19.2 Å². The molecule has 0 aromatic heterocycles. The lowest BCUT2D eigenvalue weighted by molar-refractivity contribution is -0.385. The number of ether oxygens (including phenoxy) is 1. The van der Waals surface area contributed by atoms with Gasteiger partial charge in [-0.05, 0) is 17.5 Å². The summed E-state index contributed by atoms with van der Waals surface area (Å²) in [7, 11) is 1.54. The molecule has 0 spiro atoms. The zero-order chi connectivity index (χ0) is 12.8. The summed E-state index contributed by atoms with van der Waals surface area (Å²) in [6.45, 7) is 4.04. The van der Waals surface area contributed by atoms with Gasteiger partial charge in [-0.15, -0.1) is 0 Å². The molecule has 1 aromatic rings. The Labute approximate surface area is 99.7 Å². The minimum atomic E-state index is -0.365. The lowest BCUT2D eigenvalue weighted by Gasteiger charge is -2.06. The predicted octanol–water partition coefficient (Wildman–Crippen LogP) is 2.05. The zero-order valence-corrected chi connectivity index (χ0v) is 10.1. The van der Waals surface area contributed by atoms with Crippen LogP contribution >= 0.6 is 0 Å². The second-order valence-electron chi connectivity index (χ2n) is 5.01. The van der Waals surface area contributed by atoms with Crippen molar-refractivity contribution in [1.29, 1.82) is 0 Å². The number of nitrogens with zero attached hydrogens (tertiary/aromatic N) is 1. The van der Waals surface area contributed by atoms with E-state index in [9.17, 15) is 10.1 Å². The molecule has 2 unspecified atom stereocenters. The van der Waals surface area contributed by atoms with Crippen LogP contribution in [0.5, 0.6) is 5.75 Å². The summed E-state index contributed by atoms with van der Waals surface area (Å²) in [6.07, 6.45) is 0. The van der Waals surface area contributed by atoms with Crippen molar-refractivity contribution in [3.63, 3.8) is 0 Å². The maximum Gasteiger partial charge on any atom is 0.273 e. The molecule has 1 fully saturated rings. The van der Waals surface area contributed by atoms with Gasteiger partial charge < -0.3 is 10.5 Å². The minimum absolute atomic E-state index is 0.0259. The van der Waals surface area contributed by atoms with Gasteiger partial charge in [0.1, 0.15) is 5.75 Å². The molecule has 0 bridgehead atoms. The average Bonchev–Trinajstić information content (AvgIpc) is 2.77. The fourth-order valence-corrected chi connectivity index (χ4v) is 2.35. The van der Waals surface area contributed by atoms with Crippen LogP contribution in [0.2, 0.25) is 0 Å². The number of nitro groups is 1. The average molecular weight is 236 g/mol. The van der Waals surface area contributed by atoms with Crippen LogP contribution < -0.4 is 10.5 Å². The summed E-state index contributed by atoms with van der Waals surface area (Å²) in [5.41, 5.74) is 6.68. The standard InChI is InChI=1S/C12H16N2O3/c1-12(2)10(11(12)13)8-6-7(17-3)4-5-9(8)14(15)16/h4-6,10-11H,13H2,1-3H3. The number of nitro benzene ring substituents is 1. The Morgan fingerprint density at radius 1 is 1.47 bits per heavy atom. The largest absolute Gasteiger partial charge is 0.497 e. The van der Waals surface area contributed by atoms with E-state index < -0.39 is 0 Å². The topological polar surface area (TPSA) is 78.4 Å². The number of benzene rings is 1. The van der Waals surface area contributed by atoms with Gasteiger partial charge in [-0.25, -0.2) is 0 Å². The first-order valence-electron chi connectivity index (χ1n) is 5.47. The van der Waals surface area contributed by atoms with Crippen LogP contribution in [-0.2, 0) is 0 Å². The van der Waals surface area contributed by atoms with Crippen LogP contribution in [0.1, 0.15) is 25.3 Å². The molecule has 0 saturated heterocycles. The molecule has 1 aromatic carbocycles. The van der Waals surface area contributed by atoms with Crippen LogP contribution in [0.15, 0.2) is 18.2 Å². The van der Waals surface area contributed by atoms with Crippen molar-refractivity contribution in [3.8, 4) is 5.75 Å². The number of rotatable bonds is 3. The molecule has 0 heterocycles. The lowest BCUT2D eigenvalue weighted by atomic mass is 10.0. The summed E-state index contributed by atoms with van der Waals surface area (Å²) in [5, 5.41) is 11.0. The number of nitrogens with two attached hydrogens (primary N) is 1. The molecule has 2 rings (SSSR count). The van der Waals surface area contributed by atoms with Crippen molar-refractivity contribution in [1.82, 2.24) is 0 Å². The second kappa shape index (κ2) is 3.70. The summed E-state index contributed by atoms with van der Waals surface area (Å²) in [5.74, 6) is 0.651. The summed E-state index contributed by atoms with van der Waals surface area (Å²) in [6, 6.07) is 4.77. The van der Waals surface area contributed by atoms with Crippen molar-refractivity contribution in [2.24, 2.45) is 11.1 Å². The molecule has 0 amide bonds. The van der Waals surface area contributed by atoms with E-state index in [2.05, 4.69) is 0 Å². The molecular formula is C12H16N2O3. The Hall–Kier alpha value is -1.62. The van der Waals surface area contributed by atoms with Gasteiger partial charge in [-0.2, -0.15) is 0 Å². The van der Waals surface area contributed by atoms with Gasteiger partial charge in [0.2, 0.25) is 0 Å². The van der Waals surface area contributed by atoms with E-state index in [4.69, 9.17) is 10.5 Å². The van der Waals surface area contributed by atoms with Crippen molar-refractivity contribution in [3.05, 3.63) is 33.9 Å². The first-order valence-corrected chi connectivity index (χ1v) is 5.47. The van der Waals surface area contributed by atoms with Gasteiger partial charge in [0.15, 0.2) is 0 Å². The van der Waals surface area contributed by atoms with E-state index in [0.29, 0.717) is 11.3 Å². The van der Waals surface area contributed by atoms with E-state index in [0.717, 1.165) is 0 Å². The van der Waals surface area contributed by atoms with Crippen LogP contribution in [0.25, 0.3) is 0 Å². The van der Waals surface area contributed by atoms with E-state index in [1.807, 2.05) is 13.8 Å². The van der Waals surface area contributed by atoms with Gasteiger partial charge in [-0.3, -0.25) is 10.1 Å². The van der Waals surface area contributed by atoms with E-state index in [1.165, 1.54) is 6.07 Å². The molecule has 0 radical (unpaired) electrons. The molecule has 0 aliphatic heterocycles. The molecule has 2 N–H and O–H groups in total. The Morgan fingerprint density at radius 3 is 2.47 bits per heavy atom. The van der Waals surface area contributed by atoms with Crippen molar-refractivity contribution in [2.45, 2.75) is 25.8 Å². The highest BCUT2D eigenvalue weighted by Crippen LogP contribution is 2.59. The predicted molar refractivity (Wildman–Crippen MR) is 64.1 cm³/mol. The van der Waals surface area contributed by atoms with Crippen molar-refractivity contribution in [2.75, 3.05) is 7.11 Å². The van der Waals surface area contributed by atoms with Crippen molar-refractivity contribution < 1.29 is 9.66 Å². The normalized spacial score (nSPS) is 25.4. The number of hydrogen-bond donors (Lipinski definition) is 1. The second-order valence-corrected chi connectivity index (χ2v) is 5.01. The zero-order valence-electron chi connectivity index (χ0n) is 10.1. The van der Waals surface area contributed by atoms with Gasteiger partial charge in [0.05, 0.1) is 12.0 Å². The molecule has 1 saturated carbocycles. The Morgan fingerprint density at radius 2 is 2.06 bits per heavy atom. The highest BCUT2D eigenvalue weighted by molar-refractivity contribution is 5.52. The third-order valence-corrected chi connectivity index (χ3v) is 3.68. The van der Waals surface area contributed by atoms with Crippen molar-refractivity contribution >= 4 is 5.69 Å². The Balaban J connectivity index is 2.47.